The highest BCUT2D eigenvalue weighted by Crippen LogP contribution is 2.29. The zero-order valence-corrected chi connectivity index (χ0v) is 21.7. The molecule has 0 aliphatic carbocycles. The second kappa shape index (κ2) is 11.1. The third kappa shape index (κ3) is 5.87. The van der Waals surface area contributed by atoms with Crippen molar-refractivity contribution in [2.45, 2.75) is 31.3 Å². The van der Waals surface area contributed by atoms with Crippen molar-refractivity contribution in [1.82, 2.24) is 20.1 Å². The number of benzene rings is 3. The van der Waals surface area contributed by atoms with E-state index in [1.54, 1.807) is 0 Å². The van der Waals surface area contributed by atoms with E-state index in [0.717, 1.165) is 22.9 Å². The molecule has 0 spiro atoms. The molecule has 0 aliphatic heterocycles. The largest absolute Gasteiger partial charge is 0.345 e. The molecule has 1 amide bonds. The van der Waals surface area contributed by atoms with Gasteiger partial charge in [-0.15, -0.1) is 10.2 Å². The Bertz CT molecular complexity index is 1460. The lowest BCUT2D eigenvalue weighted by atomic mass is 10.2. The van der Waals surface area contributed by atoms with E-state index in [9.17, 15) is 14.9 Å². The van der Waals surface area contributed by atoms with Crippen LogP contribution in [0.5, 0.6) is 0 Å². The van der Waals surface area contributed by atoms with Gasteiger partial charge in [-0.05, 0) is 43.2 Å². The van der Waals surface area contributed by atoms with Crippen molar-refractivity contribution in [3.63, 3.8) is 0 Å². The summed E-state index contributed by atoms with van der Waals surface area (Å²) < 4.78 is 1.87. The van der Waals surface area contributed by atoms with Crippen LogP contribution in [0.3, 0.4) is 0 Å². The minimum atomic E-state index is -0.570. The van der Waals surface area contributed by atoms with Gasteiger partial charge in [0, 0.05) is 22.9 Å². The zero-order chi connectivity index (χ0) is 25.8. The van der Waals surface area contributed by atoms with Crippen LogP contribution in [0.25, 0.3) is 5.69 Å². The molecule has 0 saturated heterocycles. The van der Waals surface area contributed by atoms with E-state index >= 15 is 0 Å². The number of nitrogens with zero attached hydrogens (tertiary/aromatic N) is 4. The molecule has 0 saturated carbocycles. The first kappa shape index (κ1) is 25.7. The number of nitro benzene ring substituents is 1. The molecular formula is C25H21Cl2N5O3S. The maximum absolute atomic E-state index is 12.8. The summed E-state index contributed by atoms with van der Waals surface area (Å²) in [5.41, 5.74) is 4.03. The number of nitro groups is 1. The van der Waals surface area contributed by atoms with Crippen molar-refractivity contribution in [1.29, 1.82) is 0 Å². The summed E-state index contributed by atoms with van der Waals surface area (Å²) in [6.45, 7) is 4.06. The zero-order valence-electron chi connectivity index (χ0n) is 19.4. The predicted octanol–water partition coefficient (Wildman–Crippen LogP) is 6.32. The molecule has 11 heteroatoms. The van der Waals surface area contributed by atoms with Crippen LogP contribution in [-0.4, -0.2) is 25.6 Å². The highest BCUT2D eigenvalue weighted by molar-refractivity contribution is 7.98. The first-order valence-corrected chi connectivity index (χ1v) is 12.6. The maximum Gasteiger partial charge on any atom is 0.270 e. The molecule has 1 N–H and O–H groups in total. The summed E-state index contributed by atoms with van der Waals surface area (Å²) in [6.07, 6.45) is 0. The second-order valence-corrected chi connectivity index (χ2v) is 9.83. The fourth-order valence-corrected chi connectivity index (χ4v) is 4.91. The van der Waals surface area contributed by atoms with Gasteiger partial charge in [0.2, 0.25) is 0 Å². The predicted molar refractivity (Wildman–Crippen MR) is 141 cm³/mol. The topological polar surface area (TPSA) is 103 Å². The van der Waals surface area contributed by atoms with Crippen LogP contribution >= 0.6 is 35.0 Å². The minimum absolute atomic E-state index is 0.0109. The van der Waals surface area contributed by atoms with Crippen molar-refractivity contribution < 1.29 is 9.72 Å². The lowest BCUT2D eigenvalue weighted by Gasteiger charge is -2.14. The van der Waals surface area contributed by atoms with Gasteiger partial charge in [0.1, 0.15) is 0 Å². The molecule has 0 fully saturated rings. The molecule has 0 aliphatic rings. The van der Waals surface area contributed by atoms with Gasteiger partial charge in [-0.3, -0.25) is 19.5 Å². The summed E-state index contributed by atoms with van der Waals surface area (Å²) in [7, 11) is 0. The summed E-state index contributed by atoms with van der Waals surface area (Å²) in [6, 6.07) is 17.5. The molecule has 184 valence electrons. The molecule has 4 aromatic rings. The average Bonchev–Trinajstić information content (AvgIpc) is 3.25. The SMILES string of the molecule is Cc1cccc(CSc2nnc(CNC(=O)c3ccc([N+](=O)[O-])cc3Cl)n2-c2cc(Cl)ccc2C)c1. The quantitative estimate of drug-likeness (QED) is 0.159. The number of non-ortho nitro benzene ring substituents is 1. The maximum atomic E-state index is 12.8. The van der Waals surface area contributed by atoms with Gasteiger partial charge in [0.25, 0.3) is 11.6 Å². The third-order valence-electron chi connectivity index (χ3n) is 5.38. The number of carbonyl (C=O) groups is 1. The molecule has 1 aromatic heterocycles. The van der Waals surface area contributed by atoms with Gasteiger partial charge < -0.3 is 5.32 Å². The van der Waals surface area contributed by atoms with Crippen LogP contribution in [-0.2, 0) is 12.3 Å². The lowest BCUT2D eigenvalue weighted by molar-refractivity contribution is -0.384. The van der Waals surface area contributed by atoms with E-state index in [1.807, 2.05) is 48.7 Å². The summed E-state index contributed by atoms with van der Waals surface area (Å²) in [5, 5.41) is 23.6. The number of nitrogens with one attached hydrogen (secondary N) is 1. The van der Waals surface area contributed by atoms with Crippen LogP contribution in [0, 0.1) is 24.0 Å². The van der Waals surface area contributed by atoms with Gasteiger partial charge in [-0.1, -0.05) is 70.9 Å². The number of hydrogen-bond donors (Lipinski definition) is 1. The Kier molecular flexibility index (Phi) is 7.93. The second-order valence-electron chi connectivity index (χ2n) is 8.05. The van der Waals surface area contributed by atoms with E-state index in [2.05, 4.69) is 27.6 Å². The Balaban J connectivity index is 1.61. The Hall–Kier alpha value is -3.40. The van der Waals surface area contributed by atoms with Crippen molar-refractivity contribution in [2.75, 3.05) is 0 Å². The molecule has 0 unspecified atom stereocenters. The number of thioether (sulfide) groups is 1. The van der Waals surface area contributed by atoms with Gasteiger partial charge in [0.05, 0.1) is 27.7 Å². The fraction of sp³-hybridized carbons (Fsp3) is 0.160. The highest BCUT2D eigenvalue weighted by atomic mass is 35.5. The molecule has 4 rings (SSSR count). The molecule has 8 nitrogen and oxygen atoms in total. The molecule has 1 heterocycles. The molecular weight excluding hydrogens is 521 g/mol. The van der Waals surface area contributed by atoms with E-state index in [4.69, 9.17) is 23.2 Å². The first-order valence-electron chi connectivity index (χ1n) is 10.8. The molecule has 0 bridgehead atoms. The van der Waals surface area contributed by atoms with Gasteiger partial charge in [-0.25, -0.2) is 0 Å². The average molecular weight is 542 g/mol. The first-order chi connectivity index (χ1) is 17.2. The van der Waals surface area contributed by atoms with Crippen LogP contribution in [0.2, 0.25) is 10.0 Å². The Morgan fingerprint density at radius 2 is 1.89 bits per heavy atom. The number of aryl methyl sites for hydroxylation is 2. The summed E-state index contributed by atoms with van der Waals surface area (Å²) in [5.74, 6) is 0.698. The molecule has 36 heavy (non-hydrogen) atoms. The van der Waals surface area contributed by atoms with Crippen LogP contribution in [0.1, 0.15) is 32.9 Å². The number of aromatic nitrogens is 3. The third-order valence-corrected chi connectivity index (χ3v) is 6.93. The number of rotatable bonds is 8. The van der Waals surface area contributed by atoms with Gasteiger partial charge in [-0.2, -0.15) is 0 Å². The minimum Gasteiger partial charge on any atom is -0.345 e. The van der Waals surface area contributed by atoms with Crippen molar-refractivity contribution in [3.8, 4) is 5.69 Å². The number of carbonyl (C=O) groups excluding carboxylic acids is 1. The number of halogens is 2. The van der Waals surface area contributed by atoms with Crippen molar-refractivity contribution >= 4 is 46.6 Å². The standard InChI is InChI=1S/C25H21Cl2N5O3S/c1-15-4-3-5-17(10-15)14-36-25-30-29-23(31(25)22-11-18(26)7-6-16(22)2)13-28-24(33)20-9-8-19(32(34)35)12-21(20)27/h3-12H,13-14H2,1-2H3,(H,28,33). The Morgan fingerprint density at radius 3 is 2.61 bits per heavy atom. The Morgan fingerprint density at radius 1 is 1.08 bits per heavy atom. The summed E-state index contributed by atoms with van der Waals surface area (Å²) in [4.78, 5) is 23.2. The van der Waals surface area contributed by atoms with E-state index in [0.29, 0.717) is 21.8 Å². The lowest BCUT2D eigenvalue weighted by Crippen LogP contribution is -2.25. The van der Waals surface area contributed by atoms with E-state index in [-0.39, 0.29) is 22.8 Å². The number of hydrogen-bond acceptors (Lipinski definition) is 6. The normalized spacial score (nSPS) is 10.9. The van der Waals surface area contributed by atoms with Gasteiger partial charge in [0.15, 0.2) is 11.0 Å². The van der Waals surface area contributed by atoms with E-state index < -0.39 is 10.8 Å². The van der Waals surface area contributed by atoms with Gasteiger partial charge >= 0.3 is 0 Å². The Labute approximate surface area is 221 Å². The van der Waals surface area contributed by atoms with Crippen LogP contribution in [0.15, 0.2) is 65.8 Å². The van der Waals surface area contributed by atoms with E-state index in [1.165, 1.54) is 29.5 Å². The smallest absolute Gasteiger partial charge is 0.270 e. The van der Waals surface area contributed by atoms with Crippen LogP contribution < -0.4 is 5.32 Å². The van der Waals surface area contributed by atoms with Crippen molar-refractivity contribution in [2.24, 2.45) is 0 Å². The van der Waals surface area contributed by atoms with Crippen LogP contribution in [0.4, 0.5) is 5.69 Å². The number of amides is 1. The highest BCUT2D eigenvalue weighted by Gasteiger charge is 2.19. The molecule has 0 radical (unpaired) electrons. The monoisotopic (exact) mass is 541 g/mol. The molecule has 3 aromatic carbocycles. The van der Waals surface area contributed by atoms with Crippen molar-refractivity contribution in [3.05, 3.63) is 109 Å². The fourth-order valence-electron chi connectivity index (χ4n) is 3.58. The molecule has 0 atom stereocenters. The summed E-state index contributed by atoms with van der Waals surface area (Å²) >= 11 is 13.9.